The fourth-order valence-electron chi connectivity index (χ4n) is 3.43. The van der Waals surface area contributed by atoms with E-state index in [1.165, 1.54) is 17.0 Å². The lowest BCUT2D eigenvalue weighted by Crippen LogP contribution is -2.41. The highest BCUT2D eigenvalue weighted by molar-refractivity contribution is 6.02. The van der Waals surface area contributed by atoms with Crippen LogP contribution in [0.25, 0.3) is 0 Å². The fraction of sp³-hybridized carbons (Fsp3) is 0.259. The van der Waals surface area contributed by atoms with Crippen molar-refractivity contribution < 1.29 is 23.5 Å². The largest absolute Gasteiger partial charge is 0.492 e. The summed E-state index contributed by atoms with van der Waals surface area (Å²) in [7, 11) is 0. The third-order valence-corrected chi connectivity index (χ3v) is 5.21. The van der Waals surface area contributed by atoms with Crippen LogP contribution in [0.4, 0.5) is 15.9 Å². The third-order valence-electron chi connectivity index (χ3n) is 5.21. The summed E-state index contributed by atoms with van der Waals surface area (Å²) < 4.78 is 18.8. The minimum atomic E-state index is -0.411. The summed E-state index contributed by atoms with van der Waals surface area (Å²) in [6.45, 7) is 3.99. The van der Waals surface area contributed by atoms with E-state index in [-0.39, 0.29) is 37.7 Å². The number of hydrogen-bond donors (Lipinski definition) is 2. The number of aromatic nitrogens is 1. The van der Waals surface area contributed by atoms with E-state index in [0.717, 1.165) is 11.1 Å². The van der Waals surface area contributed by atoms with Gasteiger partial charge in [-0.3, -0.25) is 19.3 Å². The molecule has 0 radical (unpaired) electrons. The predicted molar refractivity (Wildman–Crippen MR) is 135 cm³/mol. The number of benzene rings is 2. The number of carbonyl (C=O) groups is 3. The van der Waals surface area contributed by atoms with Gasteiger partial charge in [0.2, 0.25) is 17.7 Å². The zero-order valence-corrected chi connectivity index (χ0v) is 20.3. The summed E-state index contributed by atoms with van der Waals surface area (Å²) in [5, 5.41) is 5.42. The first-order valence-electron chi connectivity index (χ1n) is 11.6. The van der Waals surface area contributed by atoms with Gasteiger partial charge in [-0.25, -0.2) is 9.37 Å². The average Bonchev–Trinajstić information content (AvgIpc) is 2.86. The van der Waals surface area contributed by atoms with Crippen molar-refractivity contribution in [1.29, 1.82) is 0 Å². The Morgan fingerprint density at radius 3 is 2.47 bits per heavy atom. The molecular formula is C27H29FN4O4. The second kappa shape index (κ2) is 13.0. The Morgan fingerprint density at radius 1 is 1.00 bits per heavy atom. The lowest BCUT2D eigenvalue weighted by atomic mass is 10.2. The maximum Gasteiger partial charge on any atom is 0.240 e. The third kappa shape index (κ3) is 7.90. The number of carbonyl (C=O) groups excluding carboxylic acids is 3. The van der Waals surface area contributed by atoms with Crippen LogP contribution >= 0.6 is 0 Å². The van der Waals surface area contributed by atoms with Crippen LogP contribution in [-0.2, 0) is 20.9 Å². The summed E-state index contributed by atoms with van der Waals surface area (Å²) in [6.07, 6.45) is 1.38. The van der Waals surface area contributed by atoms with Gasteiger partial charge in [-0.1, -0.05) is 24.3 Å². The van der Waals surface area contributed by atoms with Gasteiger partial charge in [-0.2, -0.15) is 0 Å². The van der Waals surface area contributed by atoms with Crippen molar-refractivity contribution in [2.45, 2.75) is 33.2 Å². The monoisotopic (exact) mass is 492 g/mol. The highest BCUT2D eigenvalue weighted by Crippen LogP contribution is 2.28. The van der Waals surface area contributed by atoms with Crippen LogP contribution in [-0.4, -0.2) is 35.9 Å². The number of aryl methyl sites for hydroxylation is 1. The van der Waals surface area contributed by atoms with Crippen molar-refractivity contribution in [2.24, 2.45) is 0 Å². The van der Waals surface area contributed by atoms with E-state index in [0.29, 0.717) is 23.9 Å². The van der Waals surface area contributed by atoms with Gasteiger partial charge >= 0.3 is 0 Å². The van der Waals surface area contributed by atoms with Crippen molar-refractivity contribution in [3.05, 3.63) is 83.8 Å². The van der Waals surface area contributed by atoms with Crippen molar-refractivity contribution in [2.75, 3.05) is 23.4 Å². The molecular weight excluding hydrogens is 463 g/mol. The predicted octanol–water partition coefficient (Wildman–Crippen LogP) is 4.00. The Labute approximate surface area is 209 Å². The Kier molecular flexibility index (Phi) is 9.50. The van der Waals surface area contributed by atoms with Crippen LogP contribution < -0.4 is 20.3 Å². The van der Waals surface area contributed by atoms with Crippen LogP contribution in [0.15, 0.2) is 66.9 Å². The summed E-state index contributed by atoms with van der Waals surface area (Å²) in [5.41, 5.74) is 2.10. The molecule has 1 aromatic heterocycles. The standard InChI is InChI=1S/C27H29FN4O4/c1-3-36-23-7-5-4-6-22(23)32(18-26(34)30-17-20-8-10-21(28)11-9-20)27(35)13-12-25(33)31-24-16-19(2)14-15-29-24/h4-11,14-16H,3,12-13,17-18H2,1-2H3,(H,30,34)(H,29,31,33). The number of nitrogens with one attached hydrogen (secondary N) is 2. The highest BCUT2D eigenvalue weighted by atomic mass is 19.1. The molecule has 9 heteroatoms. The number of amides is 3. The van der Waals surface area contributed by atoms with Gasteiger partial charge in [0, 0.05) is 25.6 Å². The molecule has 0 aliphatic carbocycles. The van der Waals surface area contributed by atoms with Gasteiger partial charge in [-0.15, -0.1) is 0 Å². The number of pyridine rings is 1. The molecule has 3 aromatic rings. The minimum absolute atomic E-state index is 0.0844. The van der Waals surface area contributed by atoms with E-state index in [4.69, 9.17) is 4.74 Å². The number of para-hydroxylation sites is 2. The van der Waals surface area contributed by atoms with Crippen molar-refractivity contribution in [3.63, 3.8) is 0 Å². The molecule has 0 aliphatic rings. The first-order chi connectivity index (χ1) is 17.4. The van der Waals surface area contributed by atoms with Crippen LogP contribution in [0.5, 0.6) is 5.75 Å². The van der Waals surface area contributed by atoms with E-state index in [2.05, 4.69) is 15.6 Å². The summed E-state index contributed by atoms with van der Waals surface area (Å²) >= 11 is 0. The molecule has 188 valence electrons. The molecule has 0 atom stereocenters. The number of nitrogens with zero attached hydrogens (tertiary/aromatic N) is 2. The van der Waals surface area contributed by atoms with Gasteiger partial charge in [-0.05, 0) is 61.4 Å². The van der Waals surface area contributed by atoms with Crippen molar-refractivity contribution in [3.8, 4) is 5.75 Å². The number of rotatable bonds is 11. The molecule has 0 unspecified atom stereocenters. The summed E-state index contributed by atoms with van der Waals surface area (Å²) in [4.78, 5) is 43.8. The Bertz CT molecular complexity index is 1200. The van der Waals surface area contributed by atoms with Crippen molar-refractivity contribution >= 4 is 29.2 Å². The quantitative estimate of drug-likeness (QED) is 0.422. The van der Waals surface area contributed by atoms with Crippen molar-refractivity contribution in [1.82, 2.24) is 10.3 Å². The van der Waals surface area contributed by atoms with Crippen LogP contribution in [0.1, 0.15) is 30.9 Å². The molecule has 1 heterocycles. The van der Waals surface area contributed by atoms with Gasteiger partial charge in [0.05, 0.1) is 12.3 Å². The molecule has 8 nitrogen and oxygen atoms in total. The average molecular weight is 493 g/mol. The van der Waals surface area contributed by atoms with E-state index in [9.17, 15) is 18.8 Å². The minimum Gasteiger partial charge on any atom is -0.492 e. The number of halogens is 1. The van der Waals surface area contributed by atoms with Gasteiger partial charge in [0.15, 0.2) is 0 Å². The maximum absolute atomic E-state index is 13.2. The Hall–Kier alpha value is -4.27. The lowest BCUT2D eigenvalue weighted by Gasteiger charge is -2.24. The molecule has 3 rings (SSSR count). The Balaban J connectivity index is 1.68. The molecule has 0 spiro atoms. The molecule has 0 bridgehead atoms. The first-order valence-corrected chi connectivity index (χ1v) is 11.6. The van der Waals surface area contributed by atoms with E-state index in [1.807, 2.05) is 19.9 Å². The molecule has 0 aliphatic heterocycles. The molecule has 3 amide bonds. The van der Waals surface area contributed by atoms with Crippen LogP contribution in [0, 0.1) is 12.7 Å². The second-order valence-corrected chi connectivity index (χ2v) is 8.05. The lowest BCUT2D eigenvalue weighted by molar-refractivity contribution is -0.125. The number of ether oxygens (including phenoxy) is 1. The zero-order chi connectivity index (χ0) is 25.9. The van der Waals surface area contributed by atoms with E-state index in [1.54, 1.807) is 48.7 Å². The molecule has 2 aromatic carbocycles. The smallest absolute Gasteiger partial charge is 0.240 e. The highest BCUT2D eigenvalue weighted by Gasteiger charge is 2.23. The van der Waals surface area contributed by atoms with Crippen LogP contribution in [0.2, 0.25) is 0 Å². The van der Waals surface area contributed by atoms with Gasteiger partial charge in [0.25, 0.3) is 0 Å². The first kappa shape index (κ1) is 26.3. The topological polar surface area (TPSA) is 101 Å². The zero-order valence-electron chi connectivity index (χ0n) is 20.3. The molecule has 0 saturated carbocycles. The molecule has 0 fully saturated rings. The number of hydrogen-bond acceptors (Lipinski definition) is 5. The van der Waals surface area contributed by atoms with E-state index < -0.39 is 11.8 Å². The van der Waals surface area contributed by atoms with E-state index >= 15 is 0 Å². The SMILES string of the molecule is CCOc1ccccc1N(CC(=O)NCc1ccc(F)cc1)C(=O)CCC(=O)Nc1cc(C)ccn1. The Morgan fingerprint density at radius 2 is 1.75 bits per heavy atom. The summed E-state index contributed by atoms with van der Waals surface area (Å²) in [6, 6.07) is 16.2. The summed E-state index contributed by atoms with van der Waals surface area (Å²) in [5.74, 6) is -0.685. The second-order valence-electron chi connectivity index (χ2n) is 8.05. The molecule has 0 saturated heterocycles. The van der Waals surface area contributed by atoms with Gasteiger partial charge in [0.1, 0.15) is 23.9 Å². The molecule has 2 N–H and O–H groups in total. The van der Waals surface area contributed by atoms with Gasteiger partial charge < -0.3 is 15.4 Å². The number of anilines is 2. The molecule has 36 heavy (non-hydrogen) atoms. The van der Waals surface area contributed by atoms with Crippen LogP contribution in [0.3, 0.4) is 0 Å². The maximum atomic E-state index is 13.2. The normalized spacial score (nSPS) is 10.4. The fourth-order valence-corrected chi connectivity index (χ4v) is 3.43.